The van der Waals surface area contributed by atoms with Crippen LogP contribution < -0.4 is 5.73 Å². The minimum absolute atomic E-state index is 0. The molecule has 8 heteroatoms. The minimum atomic E-state index is -0.205. The van der Waals surface area contributed by atoms with Crippen LogP contribution in [0, 0.1) is 6.92 Å². The Morgan fingerprint density at radius 2 is 1.96 bits per heavy atom. The first kappa shape index (κ1) is 24.7. The van der Waals surface area contributed by atoms with Crippen LogP contribution in [-0.2, 0) is 5.54 Å². The van der Waals surface area contributed by atoms with Gasteiger partial charge in [-0.3, -0.25) is 4.79 Å². The van der Waals surface area contributed by atoms with Crippen LogP contribution in [-0.4, -0.2) is 44.7 Å². The zero-order valence-electron chi connectivity index (χ0n) is 17.7. The van der Waals surface area contributed by atoms with Gasteiger partial charge >= 0.3 is 0 Å². The molecule has 1 atom stereocenters. The molecular formula is C20H33Cl2N5O. The third-order valence-electron chi connectivity index (χ3n) is 5.20. The highest BCUT2D eigenvalue weighted by Gasteiger charge is 2.32. The van der Waals surface area contributed by atoms with Gasteiger partial charge in [-0.2, -0.15) is 5.10 Å². The number of fused-ring (bicyclic) bond motifs is 1. The van der Waals surface area contributed by atoms with E-state index in [4.69, 9.17) is 15.8 Å². The quantitative estimate of drug-likeness (QED) is 0.798. The van der Waals surface area contributed by atoms with Gasteiger partial charge in [-0.05, 0) is 52.5 Å². The number of hydrogen-bond donors (Lipinski definition) is 1. The summed E-state index contributed by atoms with van der Waals surface area (Å²) in [6.07, 6.45) is 1.99. The second-order valence-electron chi connectivity index (χ2n) is 8.65. The smallest absolute Gasteiger partial charge is 0.255 e. The number of rotatable bonds is 3. The van der Waals surface area contributed by atoms with Crippen LogP contribution in [0.15, 0.2) is 6.07 Å². The first-order valence-corrected chi connectivity index (χ1v) is 9.57. The molecule has 1 aliphatic heterocycles. The Labute approximate surface area is 180 Å². The van der Waals surface area contributed by atoms with E-state index >= 15 is 0 Å². The maximum atomic E-state index is 13.4. The molecule has 0 spiro atoms. The number of carbonyl (C=O) groups is 1. The van der Waals surface area contributed by atoms with Crippen LogP contribution in [0.4, 0.5) is 0 Å². The van der Waals surface area contributed by atoms with Gasteiger partial charge in [0.2, 0.25) is 0 Å². The zero-order valence-corrected chi connectivity index (χ0v) is 19.3. The van der Waals surface area contributed by atoms with E-state index in [9.17, 15) is 4.79 Å². The van der Waals surface area contributed by atoms with Gasteiger partial charge in [-0.15, -0.1) is 24.8 Å². The number of likely N-dealkylation sites (tertiary alicyclic amines) is 1. The largest absolute Gasteiger partial charge is 0.334 e. The predicted octanol–water partition coefficient (Wildman–Crippen LogP) is 4.03. The van der Waals surface area contributed by atoms with Crippen LogP contribution in [0.25, 0.3) is 11.0 Å². The monoisotopic (exact) mass is 429 g/mol. The van der Waals surface area contributed by atoms with Crippen LogP contribution in [0.2, 0.25) is 0 Å². The summed E-state index contributed by atoms with van der Waals surface area (Å²) in [6.45, 7) is 13.8. The minimum Gasteiger partial charge on any atom is -0.334 e. The fraction of sp³-hybridized carbons (Fsp3) is 0.650. The number of aromatic nitrogens is 3. The van der Waals surface area contributed by atoms with E-state index in [1.807, 2.05) is 22.6 Å². The molecule has 28 heavy (non-hydrogen) atoms. The molecule has 3 heterocycles. The fourth-order valence-corrected chi connectivity index (χ4v) is 3.74. The van der Waals surface area contributed by atoms with Crippen LogP contribution >= 0.6 is 24.8 Å². The summed E-state index contributed by atoms with van der Waals surface area (Å²) in [5, 5.41) is 5.60. The summed E-state index contributed by atoms with van der Waals surface area (Å²) in [5.74, 6) is 0.294. The van der Waals surface area contributed by atoms with Gasteiger partial charge in [0.25, 0.3) is 5.91 Å². The first-order valence-electron chi connectivity index (χ1n) is 9.57. The molecule has 0 bridgehead atoms. The van der Waals surface area contributed by atoms with Crippen molar-refractivity contribution in [1.29, 1.82) is 0 Å². The maximum Gasteiger partial charge on any atom is 0.255 e. The summed E-state index contributed by atoms with van der Waals surface area (Å²) in [6, 6.07) is 2.09. The first-order chi connectivity index (χ1) is 12.1. The molecule has 1 amide bonds. The maximum absolute atomic E-state index is 13.4. The van der Waals surface area contributed by atoms with E-state index < -0.39 is 0 Å². The van der Waals surface area contributed by atoms with Crippen molar-refractivity contribution in [2.45, 2.75) is 71.9 Å². The fourth-order valence-electron chi connectivity index (χ4n) is 3.74. The highest BCUT2D eigenvalue weighted by atomic mass is 35.5. The summed E-state index contributed by atoms with van der Waals surface area (Å²) >= 11 is 0. The summed E-state index contributed by atoms with van der Waals surface area (Å²) < 4.78 is 1.95. The third kappa shape index (κ3) is 4.29. The second-order valence-corrected chi connectivity index (χ2v) is 8.65. The predicted molar refractivity (Wildman–Crippen MR) is 119 cm³/mol. The number of pyridine rings is 1. The lowest BCUT2D eigenvalue weighted by Crippen LogP contribution is -2.40. The molecule has 0 aliphatic carbocycles. The summed E-state index contributed by atoms with van der Waals surface area (Å²) in [7, 11) is 0. The Hall–Kier alpha value is -1.37. The topological polar surface area (TPSA) is 77.0 Å². The van der Waals surface area contributed by atoms with E-state index in [-0.39, 0.29) is 48.2 Å². The Bertz CT molecular complexity index is 841. The van der Waals surface area contributed by atoms with E-state index in [0.29, 0.717) is 12.1 Å². The van der Waals surface area contributed by atoms with Crippen molar-refractivity contribution < 1.29 is 4.79 Å². The molecule has 0 saturated carbocycles. The Kier molecular flexibility index (Phi) is 7.90. The Balaban J connectivity index is 0.00000196. The van der Waals surface area contributed by atoms with Gasteiger partial charge in [0.15, 0.2) is 5.65 Å². The number of hydrogen-bond acceptors (Lipinski definition) is 4. The number of nitrogens with zero attached hydrogens (tertiary/aromatic N) is 4. The molecule has 1 unspecified atom stereocenters. The molecule has 2 N–H and O–H groups in total. The molecule has 6 nitrogen and oxygen atoms in total. The van der Waals surface area contributed by atoms with Crippen LogP contribution in [0.1, 0.15) is 75.1 Å². The molecular weight excluding hydrogens is 397 g/mol. The average molecular weight is 430 g/mol. The van der Waals surface area contributed by atoms with Crippen LogP contribution in [0.5, 0.6) is 0 Å². The molecule has 0 aromatic carbocycles. The number of carbonyl (C=O) groups excluding carboxylic acids is 1. The molecule has 2 aromatic rings. The van der Waals surface area contributed by atoms with Gasteiger partial charge in [0.1, 0.15) is 0 Å². The normalized spacial score (nSPS) is 17.0. The van der Waals surface area contributed by atoms with Crippen molar-refractivity contribution in [1.82, 2.24) is 19.7 Å². The number of amides is 1. The van der Waals surface area contributed by atoms with Crippen molar-refractivity contribution in [2.75, 3.05) is 13.1 Å². The Morgan fingerprint density at radius 3 is 2.50 bits per heavy atom. The third-order valence-corrected chi connectivity index (χ3v) is 5.20. The standard InChI is InChI=1S/C20H31N5O.2ClH/c1-12(2)16-10-15(19(26)24-9-7-8-14(24)11-21)17-13(3)23-25(18(17)22-16)20(4,5)6;;/h10,12,14H,7-9,11,21H2,1-6H3;2*1H. The van der Waals surface area contributed by atoms with Gasteiger partial charge in [0.05, 0.1) is 22.2 Å². The van der Waals surface area contributed by atoms with Gasteiger partial charge < -0.3 is 10.6 Å². The van der Waals surface area contributed by atoms with Gasteiger partial charge in [-0.1, -0.05) is 13.8 Å². The summed E-state index contributed by atoms with van der Waals surface area (Å²) in [5.41, 5.74) is 8.98. The molecule has 1 saturated heterocycles. The molecule has 158 valence electrons. The highest BCUT2D eigenvalue weighted by molar-refractivity contribution is 6.06. The highest BCUT2D eigenvalue weighted by Crippen LogP contribution is 2.31. The second kappa shape index (κ2) is 8.97. The van der Waals surface area contributed by atoms with Crippen molar-refractivity contribution in [3.8, 4) is 0 Å². The lowest BCUT2D eigenvalue weighted by atomic mass is 10.0. The van der Waals surface area contributed by atoms with Crippen molar-refractivity contribution in [3.05, 3.63) is 23.0 Å². The lowest BCUT2D eigenvalue weighted by molar-refractivity contribution is 0.0743. The molecule has 2 aromatic heterocycles. The summed E-state index contributed by atoms with van der Waals surface area (Å²) in [4.78, 5) is 20.2. The molecule has 0 radical (unpaired) electrons. The van der Waals surface area contributed by atoms with Gasteiger partial charge in [0, 0.05) is 24.8 Å². The van der Waals surface area contributed by atoms with Crippen molar-refractivity contribution >= 4 is 41.8 Å². The van der Waals surface area contributed by atoms with E-state index in [2.05, 4.69) is 34.6 Å². The van der Waals surface area contributed by atoms with Crippen molar-refractivity contribution in [2.24, 2.45) is 5.73 Å². The zero-order chi connectivity index (χ0) is 19.2. The molecule has 1 fully saturated rings. The number of nitrogens with two attached hydrogens (primary N) is 1. The SMILES string of the molecule is Cc1nn(C(C)(C)C)c2nc(C(C)C)cc(C(=O)N3CCCC3CN)c12.Cl.Cl. The van der Waals surface area contributed by atoms with E-state index in [0.717, 1.165) is 41.8 Å². The number of aryl methyl sites for hydroxylation is 1. The lowest BCUT2D eigenvalue weighted by Gasteiger charge is -2.25. The average Bonchev–Trinajstić information content (AvgIpc) is 3.17. The Morgan fingerprint density at radius 1 is 1.32 bits per heavy atom. The molecule has 1 aliphatic rings. The van der Waals surface area contributed by atoms with E-state index in [1.54, 1.807) is 0 Å². The molecule has 3 rings (SSSR count). The number of halogens is 2. The van der Waals surface area contributed by atoms with Crippen molar-refractivity contribution in [3.63, 3.8) is 0 Å². The van der Waals surface area contributed by atoms with E-state index in [1.165, 1.54) is 0 Å². The van der Waals surface area contributed by atoms with Crippen LogP contribution in [0.3, 0.4) is 0 Å². The van der Waals surface area contributed by atoms with Gasteiger partial charge in [-0.25, -0.2) is 9.67 Å².